The number of carbonyl (C=O) groups is 2. The van der Waals surface area contributed by atoms with Crippen molar-refractivity contribution in [1.82, 2.24) is 9.29 Å². The van der Waals surface area contributed by atoms with E-state index in [2.05, 4.69) is 4.72 Å². The van der Waals surface area contributed by atoms with E-state index >= 15 is 0 Å². The Balaban J connectivity index is 3.11. The number of aromatic nitrogens is 1. The number of hydrogen-bond donors (Lipinski definition) is 2. The molecular formula is C14H22N2O6S. The van der Waals surface area contributed by atoms with Gasteiger partial charge in [0.1, 0.15) is 16.6 Å². The lowest BCUT2D eigenvalue weighted by Gasteiger charge is -2.19. The van der Waals surface area contributed by atoms with Crippen LogP contribution in [0.25, 0.3) is 0 Å². The first kappa shape index (κ1) is 19.2. The Hall–Kier alpha value is -1.87. The number of aryl methyl sites for hydroxylation is 1. The molecule has 0 aromatic carbocycles. The zero-order chi connectivity index (χ0) is 17.8. The minimum absolute atomic E-state index is 0.0719. The third-order valence-electron chi connectivity index (χ3n) is 3.54. The summed E-state index contributed by atoms with van der Waals surface area (Å²) in [5.74, 6) is -2.27. The molecule has 1 heterocycles. The Kier molecular flexibility index (Phi) is 6.34. The predicted octanol–water partition coefficient (Wildman–Crippen LogP) is 0.979. The predicted molar refractivity (Wildman–Crippen MR) is 82.6 cm³/mol. The first-order valence-corrected chi connectivity index (χ1v) is 8.70. The van der Waals surface area contributed by atoms with Crippen molar-refractivity contribution >= 4 is 22.0 Å². The van der Waals surface area contributed by atoms with Gasteiger partial charge in [-0.25, -0.2) is 13.2 Å². The second kappa shape index (κ2) is 7.60. The summed E-state index contributed by atoms with van der Waals surface area (Å²) in [6.45, 7) is 5.23. The fraction of sp³-hybridized carbons (Fsp3) is 0.571. The molecule has 2 N–H and O–H groups in total. The summed E-state index contributed by atoms with van der Waals surface area (Å²) >= 11 is 0. The molecule has 2 atom stereocenters. The molecule has 0 fully saturated rings. The Morgan fingerprint density at radius 3 is 2.48 bits per heavy atom. The average Bonchev–Trinajstić information content (AvgIpc) is 2.87. The molecule has 0 saturated heterocycles. The van der Waals surface area contributed by atoms with E-state index in [1.807, 2.05) is 0 Å². The van der Waals surface area contributed by atoms with Gasteiger partial charge in [0.05, 0.1) is 6.61 Å². The zero-order valence-electron chi connectivity index (χ0n) is 13.6. The summed E-state index contributed by atoms with van der Waals surface area (Å²) in [5, 5.41) is 9.20. The number of hydrogen-bond acceptors (Lipinski definition) is 5. The quantitative estimate of drug-likeness (QED) is 0.678. The highest BCUT2D eigenvalue weighted by molar-refractivity contribution is 7.89. The molecule has 0 unspecified atom stereocenters. The SMILES string of the molecule is CCOC(=O)c1cc(S(=O)(=O)N[C@H](C(=O)O)[C@@H](C)CC)cn1C. The minimum atomic E-state index is -4.07. The van der Waals surface area contributed by atoms with E-state index in [0.29, 0.717) is 6.42 Å². The number of aliphatic carboxylic acids is 1. The van der Waals surface area contributed by atoms with E-state index in [9.17, 15) is 23.1 Å². The Labute approximate surface area is 135 Å². The molecule has 0 aliphatic rings. The first-order valence-electron chi connectivity index (χ1n) is 7.22. The molecule has 130 valence electrons. The van der Waals surface area contributed by atoms with Crippen LogP contribution >= 0.6 is 0 Å². The summed E-state index contributed by atoms with van der Waals surface area (Å²) in [5.41, 5.74) is 0.0719. The van der Waals surface area contributed by atoms with Crippen molar-refractivity contribution < 1.29 is 27.9 Å². The van der Waals surface area contributed by atoms with Gasteiger partial charge in [0.15, 0.2) is 0 Å². The fourth-order valence-electron chi connectivity index (χ4n) is 1.97. The number of carboxylic acid groups (broad SMARTS) is 1. The summed E-state index contributed by atoms with van der Waals surface area (Å²) < 4.78 is 33.1. The maximum Gasteiger partial charge on any atom is 0.354 e. The maximum atomic E-state index is 12.4. The van der Waals surface area contributed by atoms with E-state index in [-0.39, 0.29) is 23.1 Å². The number of nitrogens with zero attached hydrogens (tertiary/aromatic N) is 1. The van der Waals surface area contributed by atoms with Crippen LogP contribution < -0.4 is 4.72 Å². The highest BCUT2D eigenvalue weighted by Crippen LogP contribution is 2.17. The van der Waals surface area contributed by atoms with Gasteiger partial charge in [-0.2, -0.15) is 4.72 Å². The molecular weight excluding hydrogens is 324 g/mol. The molecule has 1 aromatic heterocycles. The second-order valence-electron chi connectivity index (χ2n) is 5.22. The van der Waals surface area contributed by atoms with E-state index in [0.717, 1.165) is 6.07 Å². The average molecular weight is 346 g/mol. The van der Waals surface area contributed by atoms with Crippen LogP contribution in [0.1, 0.15) is 37.7 Å². The van der Waals surface area contributed by atoms with Crippen molar-refractivity contribution in [3.05, 3.63) is 18.0 Å². The van der Waals surface area contributed by atoms with Gasteiger partial charge in [-0.3, -0.25) is 4.79 Å². The topological polar surface area (TPSA) is 115 Å². The van der Waals surface area contributed by atoms with Crippen molar-refractivity contribution in [2.75, 3.05) is 6.61 Å². The first-order chi connectivity index (χ1) is 10.6. The van der Waals surface area contributed by atoms with Crippen LogP contribution in [0.4, 0.5) is 0 Å². The highest BCUT2D eigenvalue weighted by atomic mass is 32.2. The summed E-state index contributed by atoms with van der Waals surface area (Å²) in [6, 6.07) is -0.0770. The molecule has 0 bridgehead atoms. The Morgan fingerprint density at radius 1 is 1.39 bits per heavy atom. The number of sulfonamides is 1. The van der Waals surface area contributed by atoms with E-state index in [1.165, 1.54) is 17.8 Å². The van der Waals surface area contributed by atoms with Gasteiger partial charge in [-0.15, -0.1) is 0 Å². The lowest BCUT2D eigenvalue weighted by Crippen LogP contribution is -2.44. The van der Waals surface area contributed by atoms with Crippen LogP contribution in [0, 0.1) is 5.92 Å². The van der Waals surface area contributed by atoms with Gasteiger partial charge >= 0.3 is 11.9 Å². The molecule has 1 aromatic rings. The summed E-state index contributed by atoms with van der Waals surface area (Å²) in [7, 11) is -2.56. The van der Waals surface area contributed by atoms with Crippen molar-refractivity contribution in [3.63, 3.8) is 0 Å². The molecule has 23 heavy (non-hydrogen) atoms. The molecule has 0 aliphatic carbocycles. The van der Waals surface area contributed by atoms with Crippen LogP contribution in [0.3, 0.4) is 0 Å². The third-order valence-corrected chi connectivity index (χ3v) is 4.94. The highest BCUT2D eigenvalue weighted by Gasteiger charge is 2.30. The third kappa shape index (κ3) is 4.55. The lowest BCUT2D eigenvalue weighted by atomic mass is 10.0. The molecule has 0 spiro atoms. The molecule has 0 radical (unpaired) electrons. The smallest absolute Gasteiger partial charge is 0.354 e. The zero-order valence-corrected chi connectivity index (χ0v) is 14.4. The number of ether oxygens (including phenoxy) is 1. The van der Waals surface area contributed by atoms with Crippen LogP contribution in [0.5, 0.6) is 0 Å². The van der Waals surface area contributed by atoms with E-state index < -0.39 is 28.0 Å². The monoisotopic (exact) mass is 346 g/mol. The normalized spacial score (nSPS) is 14.3. The molecule has 0 amide bonds. The number of carbonyl (C=O) groups excluding carboxylic acids is 1. The van der Waals surface area contributed by atoms with Crippen molar-refractivity contribution in [3.8, 4) is 0 Å². The number of esters is 1. The van der Waals surface area contributed by atoms with E-state index in [4.69, 9.17) is 4.74 Å². The van der Waals surface area contributed by atoms with Gasteiger partial charge in [-0.05, 0) is 18.9 Å². The van der Waals surface area contributed by atoms with E-state index in [1.54, 1.807) is 20.8 Å². The van der Waals surface area contributed by atoms with Gasteiger partial charge in [-0.1, -0.05) is 20.3 Å². The van der Waals surface area contributed by atoms with Crippen LogP contribution in [-0.2, 0) is 26.6 Å². The van der Waals surface area contributed by atoms with Gasteiger partial charge in [0.2, 0.25) is 10.0 Å². The molecule has 9 heteroatoms. The standard InChI is InChI=1S/C14H22N2O6S/c1-5-9(3)12(13(17)18)15-23(20,21)10-7-11(16(4)8-10)14(19)22-6-2/h7-9,12,15H,5-6H2,1-4H3,(H,17,18)/t9-,12-/m0/s1. The fourth-order valence-corrected chi connectivity index (χ4v) is 3.34. The van der Waals surface area contributed by atoms with Gasteiger partial charge in [0, 0.05) is 13.2 Å². The number of rotatable bonds is 8. The van der Waals surface area contributed by atoms with Crippen molar-refractivity contribution in [1.29, 1.82) is 0 Å². The molecule has 0 aliphatic heterocycles. The van der Waals surface area contributed by atoms with Crippen molar-refractivity contribution in [2.24, 2.45) is 13.0 Å². The lowest BCUT2D eigenvalue weighted by molar-refractivity contribution is -0.140. The van der Waals surface area contributed by atoms with Crippen LogP contribution in [0.2, 0.25) is 0 Å². The number of nitrogens with one attached hydrogen (secondary N) is 1. The van der Waals surface area contributed by atoms with Crippen molar-refractivity contribution in [2.45, 2.75) is 38.1 Å². The second-order valence-corrected chi connectivity index (χ2v) is 6.93. The molecule has 8 nitrogen and oxygen atoms in total. The summed E-state index contributed by atoms with van der Waals surface area (Å²) in [4.78, 5) is 22.8. The largest absolute Gasteiger partial charge is 0.480 e. The van der Waals surface area contributed by atoms with Crippen LogP contribution in [0.15, 0.2) is 17.2 Å². The van der Waals surface area contributed by atoms with Gasteiger partial charge in [0.25, 0.3) is 0 Å². The summed E-state index contributed by atoms with van der Waals surface area (Å²) in [6.07, 6.45) is 1.74. The molecule has 0 saturated carbocycles. The Morgan fingerprint density at radius 2 is 2.00 bits per heavy atom. The van der Waals surface area contributed by atoms with Gasteiger partial charge < -0.3 is 14.4 Å². The number of carboxylic acids is 1. The minimum Gasteiger partial charge on any atom is -0.480 e. The molecule has 1 rings (SSSR count). The van der Waals surface area contributed by atoms with Crippen LogP contribution in [-0.4, -0.2) is 42.7 Å². The Bertz CT molecular complexity index is 679. The maximum absolute atomic E-state index is 12.4.